The molecule has 2 amide bonds. The molecule has 0 unspecified atom stereocenters. The normalized spacial score (nSPS) is 18.5. The highest BCUT2D eigenvalue weighted by atomic mass is 16.2. The summed E-state index contributed by atoms with van der Waals surface area (Å²) in [6.45, 7) is 2.46. The maximum Gasteiger partial charge on any atom is 0.251 e. The van der Waals surface area contributed by atoms with Gasteiger partial charge in [-0.3, -0.25) is 14.5 Å². The molecule has 1 aliphatic carbocycles. The summed E-state index contributed by atoms with van der Waals surface area (Å²) in [5, 5.41) is 5.82. The minimum absolute atomic E-state index is 0.00656. The van der Waals surface area contributed by atoms with Gasteiger partial charge < -0.3 is 10.6 Å². The fourth-order valence-corrected chi connectivity index (χ4v) is 2.55. The van der Waals surface area contributed by atoms with Crippen molar-refractivity contribution in [3.05, 3.63) is 29.8 Å². The van der Waals surface area contributed by atoms with Crippen molar-refractivity contribution >= 4 is 17.5 Å². The number of carbonyl (C=O) groups excluding carboxylic acids is 2. The average Bonchev–Trinajstić information content (AvgIpc) is 3.13. The van der Waals surface area contributed by atoms with E-state index in [1.807, 2.05) is 0 Å². The summed E-state index contributed by atoms with van der Waals surface area (Å²) in [5.74, 6) is -0.0282. The van der Waals surface area contributed by atoms with Gasteiger partial charge in [0.15, 0.2) is 0 Å². The van der Waals surface area contributed by atoms with Gasteiger partial charge in [-0.2, -0.15) is 0 Å². The Kier molecular flexibility index (Phi) is 4.20. The summed E-state index contributed by atoms with van der Waals surface area (Å²) in [4.78, 5) is 25.9. The number of likely N-dealkylation sites (tertiary alicyclic amines) is 1. The highest BCUT2D eigenvalue weighted by molar-refractivity contribution is 5.96. The van der Waals surface area contributed by atoms with Gasteiger partial charge in [0.05, 0.1) is 6.54 Å². The molecule has 0 aromatic heterocycles. The smallest absolute Gasteiger partial charge is 0.251 e. The van der Waals surface area contributed by atoms with Crippen LogP contribution in [-0.4, -0.2) is 42.4 Å². The Labute approximate surface area is 124 Å². The van der Waals surface area contributed by atoms with Crippen molar-refractivity contribution in [2.45, 2.75) is 31.7 Å². The molecule has 5 nitrogen and oxygen atoms in total. The van der Waals surface area contributed by atoms with Crippen LogP contribution in [-0.2, 0) is 4.79 Å². The minimum Gasteiger partial charge on any atom is -0.349 e. The third-order valence-corrected chi connectivity index (χ3v) is 3.91. The van der Waals surface area contributed by atoms with Crippen LogP contribution in [0.1, 0.15) is 36.0 Å². The molecular formula is C16H21N3O2. The lowest BCUT2D eigenvalue weighted by Crippen LogP contribution is -2.30. The Hall–Kier alpha value is -1.88. The number of nitrogens with one attached hydrogen (secondary N) is 2. The molecule has 0 spiro atoms. The monoisotopic (exact) mass is 287 g/mol. The Bertz CT molecular complexity index is 517. The van der Waals surface area contributed by atoms with Crippen LogP contribution in [0, 0.1) is 0 Å². The number of nitrogens with zero attached hydrogens (tertiary/aromatic N) is 1. The first-order valence-corrected chi connectivity index (χ1v) is 7.64. The first kappa shape index (κ1) is 14.1. The van der Waals surface area contributed by atoms with Crippen LogP contribution >= 0.6 is 0 Å². The number of hydrogen-bond donors (Lipinski definition) is 2. The van der Waals surface area contributed by atoms with Crippen molar-refractivity contribution in [1.82, 2.24) is 10.2 Å². The van der Waals surface area contributed by atoms with Crippen LogP contribution in [0.15, 0.2) is 24.3 Å². The molecule has 0 bridgehead atoms. The molecule has 3 rings (SSSR count). The number of benzene rings is 1. The van der Waals surface area contributed by atoms with Crippen LogP contribution in [0.2, 0.25) is 0 Å². The van der Waals surface area contributed by atoms with E-state index in [9.17, 15) is 9.59 Å². The topological polar surface area (TPSA) is 61.4 Å². The number of hydrogen-bond acceptors (Lipinski definition) is 3. The largest absolute Gasteiger partial charge is 0.349 e. The van der Waals surface area contributed by atoms with Crippen molar-refractivity contribution < 1.29 is 9.59 Å². The zero-order valence-corrected chi connectivity index (χ0v) is 12.1. The van der Waals surface area contributed by atoms with Gasteiger partial charge in [-0.15, -0.1) is 0 Å². The first-order chi connectivity index (χ1) is 10.2. The summed E-state index contributed by atoms with van der Waals surface area (Å²) in [6.07, 6.45) is 4.52. The van der Waals surface area contributed by atoms with E-state index < -0.39 is 0 Å². The van der Waals surface area contributed by atoms with E-state index in [1.54, 1.807) is 24.3 Å². The molecule has 1 saturated carbocycles. The molecule has 21 heavy (non-hydrogen) atoms. The lowest BCUT2D eigenvalue weighted by molar-refractivity contribution is -0.117. The SMILES string of the molecule is O=C(CN1CCCC1)Nc1ccc(C(=O)NC2CC2)cc1. The highest BCUT2D eigenvalue weighted by Crippen LogP contribution is 2.19. The molecule has 5 heteroatoms. The molecule has 0 atom stereocenters. The summed E-state index contributed by atoms with van der Waals surface area (Å²) in [7, 11) is 0. The molecule has 1 saturated heterocycles. The van der Waals surface area contributed by atoms with Crippen molar-refractivity contribution in [3.63, 3.8) is 0 Å². The van der Waals surface area contributed by atoms with Gasteiger partial charge in [-0.1, -0.05) is 0 Å². The van der Waals surface area contributed by atoms with Gasteiger partial charge >= 0.3 is 0 Å². The van der Waals surface area contributed by atoms with Gasteiger partial charge in [0.1, 0.15) is 0 Å². The summed E-state index contributed by atoms with van der Waals surface area (Å²) < 4.78 is 0. The Balaban J connectivity index is 1.51. The second-order valence-electron chi connectivity index (χ2n) is 5.86. The third kappa shape index (κ3) is 4.04. The van der Waals surface area contributed by atoms with Gasteiger partial charge in [0.25, 0.3) is 5.91 Å². The van der Waals surface area contributed by atoms with Crippen molar-refractivity contribution in [2.75, 3.05) is 25.0 Å². The molecule has 112 valence electrons. The van der Waals surface area contributed by atoms with Gasteiger partial charge in [-0.25, -0.2) is 0 Å². The number of amides is 2. The molecule has 1 aromatic carbocycles. The summed E-state index contributed by atoms with van der Waals surface area (Å²) in [6, 6.07) is 7.43. The Morgan fingerprint density at radius 1 is 1.10 bits per heavy atom. The van der Waals surface area contributed by atoms with E-state index in [0.717, 1.165) is 31.6 Å². The fourth-order valence-electron chi connectivity index (χ4n) is 2.55. The van der Waals surface area contributed by atoms with E-state index in [4.69, 9.17) is 0 Å². The summed E-state index contributed by atoms with van der Waals surface area (Å²) in [5.41, 5.74) is 1.38. The lowest BCUT2D eigenvalue weighted by atomic mass is 10.2. The van der Waals surface area contributed by atoms with Crippen molar-refractivity contribution in [2.24, 2.45) is 0 Å². The Morgan fingerprint density at radius 3 is 2.38 bits per heavy atom. The van der Waals surface area contributed by atoms with Crippen LogP contribution in [0.25, 0.3) is 0 Å². The average molecular weight is 287 g/mol. The maximum absolute atomic E-state index is 11.9. The first-order valence-electron chi connectivity index (χ1n) is 7.64. The standard InChI is InChI=1S/C16H21N3O2/c20-15(11-19-9-1-2-10-19)17-13-5-3-12(4-6-13)16(21)18-14-7-8-14/h3-6,14H,1-2,7-11H2,(H,17,20)(H,18,21). The predicted octanol–water partition coefficient (Wildman–Crippen LogP) is 1.61. The van der Waals surface area contributed by atoms with Crippen molar-refractivity contribution in [3.8, 4) is 0 Å². The zero-order valence-electron chi connectivity index (χ0n) is 12.1. The fraction of sp³-hybridized carbons (Fsp3) is 0.500. The maximum atomic E-state index is 11.9. The van der Waals surface area contributed by atoms with E-state index in [1.165, 1.54) is 12.8 Å². The molecule has 2 N–H and O–H groups in total. The van der Waals surface area contributed by atoms with Gasteiger partial charge in [0.2, 0.25) is 5.91 Å². The van der Waals surface area contributed by atoms with E-state index in [2.05, 4.69) is 15.5 Å². The predicted molar refractivity (Wildman–Crippen MR) is 81.2 cm³/mol. The van der Waals surface area contributed by atoms with Gasteiger partial charge in [0, 0.05) is 17.3 Å². The highest BCUT2D eigenvalue weighted by Gasteiger charge is 2.23. The van der Waals surface area contributed by atoms with Crippen LogP contribution in [0.5, 0.6) is 0 Å². The number of rotatable bonds is 5. The van der Waals surface area contributed by atoms with Crippen molar-refractivity contribution in [1.29, 1.82) is 0 Å². The molecular weight excluding hydrogens is 266 g/mol. The molecule has 0 radical (unpaired) electrons. The quantitative estimate of drug-likeness (QED) is 0.865. The molecule has 1 aromatic rings. The van der Waals surface area contributed by atoms with E-state index >= 15 is 0 Å². The third-order valence-electron chi connectivity index (χ3n) is 3.91. The molecule has 1 aliphatic heterocycles. The second kappa shape index (κ2) is 6.26. The minimum atomic E-state index is -0.0348. The van der Waals surface area contributed by atoms with Crippen LogP contribution < -0.4 is 10.6 Å². The van der Waals surface area contributed by atoms with Crippen LogP contribution in [0.3, 0.4) is 0 Å². The summed E-state index contributed by atoms with van der Waals surface area (Å²) >= 11 is 0. The molecule has 2 fully saturated rings. The lowest BCUT2D eigenvalue weighted by Gasteiger charge is -2.14. The van der Waals surface area contributed by atoms with Gasteiger partial charge in [-0.05, 0) is 63.0 Å². The zero-order chi connectivity index (χ0) is 14.7. The number of carbonyl (C=O) groups is 2. The molecule has 2 aliphatic rings. The number of anilines is 1. The molecule has 1 heterocycles. The second-order valence-corrected chi connectivity index (χ2v) is 5.86. The Morgan fingerprint density at radius 2 is 1.76 bits per heavy atom. The van der Waals surface area contributed by atoms with E-state index in [0.29, 0.717) is 18.2 Å². The van der Waals surface area contributed by atoms with E-state index in [-0.39, 0.29) is 11.8 Å². The van der Waals surface area contributed by atoms with Crippen LogP contribution in [0.4, 0.5) is 5.69 Å².